The van der Waals surface area contributed by atoms with Gasteiger partial charge in [-0.25, -0.2) is 23.2 Å². The van der Waals surface area contributed by atoms with Gasteiger partial charge in [0.1, 0.15) is 17.7 Å². The first kappa shape index (κ1) is 19.8. The van der Waals surface area contributed by atoms with Gasteiger partial charge >= 0.3 is 12.1 Å². The maximum atomic E-state index is 12.8. The van der Waals surface area contributed by atoms with Crippen molar-refractivity contribution in [3.05, 3.63) is 48.0 Å². The first-order valence-electron chi connectivity index (χ1n) is 7.94. The molecule has 28 heavy (non-hydrogen) atoms. The Balaban J connectivity index is 2.21. The first-order chi connectivity index (χ1) is 13.1. The number of hydrogen-bond acceptors (Lipinski definition) is 6. The van der Waals surface area contributed by atoms with Gasteiger partial charge in [-0.3, -0.25) is 4.40 Å². The van der Waals surface area contributed by atoms with Gasteiger partial charge in [-0.2, -0.15) is 13.2 Å². The minimum atomic E-state index is -4.63. The van der Waals surface area contributed by atoms with Crippen LogP contribution in [0.5, 0.6) is 0 Å². The zero-order valence-electron chi connectivity index (χ0n) is 14.7. The minimum Gasteiger partial charge on any atom is -0.465 e. The van der Waals surface area contributed by atoms with E-state index in [1.807, 2.05) is 0 Å². The molecule has 0 fully saturated rings. The standard InChI is InChI=1S/C17H14F3N3O4S/c1-3-28(25,26)13-6-10(16(24)27-2)4-5-11(13)12-8-23-9-21-14(17(18,19)20)7-15(23)22-12/h4-9H,3H2,1-2H3. The van der Waals surface area contributed by atoms with Crippen LogP contribution in [0.15, 0.2) is 41.7 Å². The highest BCUT2D eigenvalue weighted by Crippen LogP contribution is 2.31. The van der Waals surface area contributed by atoms with Crippen molar-refractivity contribution in [2.45, 2.75) is 18.0 Å². The smallest absolute Gasteiger partial charge is 0.433 e. The Hall–Kier alpha value is -2.95. The molecule has 1 aromatic carbocycles. The van der Waals surface area contributed by atoms with Gasteiger partial charge in [0.05, 0.1) is 29.0 Å². The van der Waals surface area contributed by atoms with E-state index in [1.54, 1.807) is 0 Å². The number of imidazole rings is 1. The molecule has 0 aliphatic carbocycles. The third kappa shape index (κ3) is 3.57. The van der Waals surface area contributed by atoms with Crippen molar-refractivity contribution in [3.8, 4) is 11.3 Å². The van der Waals surface area contributed by atoms with Crippen molar-refractivity contribution >= 4 is 21.5 Å². The predicted octanol–water partition coefficient (Wildman–Crippen LogP) is 3.00. The summed E-state index contributed by atoms with van der Waals surface area (Å²) in [6, 6.07) is 4.66. The van der Waals surface area contributed by atoms with Gasteiger partial charge < -0.3 is 4.74 Å². The van der Waals surface area contributed by atoms with Gasteiger partial charge in [0.25, 0.3) is 0 Å². The van der Waals surface area contributed by atoms with E-state index < -0.39 is 27.7 Å². The Labute approximate surface area is 157 Å². The summed E-state index contributed by atoms with van der Waals surface area (Å²) >= 11 is 0. The van der Waals surface area contributed by atoms with Crippen molar-refractivity contribution in [1.29, 1.82) is 0 Å². The van der Waals surface area contributed by atoms with Crippen LogP contribution in [-0.2, 0) is 20.8 Å². The average molecular weight is 413 g/mol. The summed E-state index contributed by atoms with van der Waals surface area (Å²) in [6.45, 7) is 1.44. The molecule has 2 aromatic heterocycles. The van der Waals surface area contributed by atoms with Crippen molar-refractivity contribution in [1.82, 2.24) is 14.4 Å². The highest BCUT2D eigenvalue weighted by atomic mass is 32.2. The van der Waals surface area contributed by atoms with Crippen molar-refractivity contribution < 1.29 is 31.1 Å². The average Bonchev–Trinajstić information content (AvgIpc) is 3.09. The molecule has 3 aromatic rings. The van der Waals surface area contributed by atoms with Crippen LogP contribution < -0.4 is 0 Å². The number of benzene rings is 1. The van der Waals surface area contributed by atoms with E-state index in [0.29, 0.717) is 0 Å². The summed E-state index contributed by atoms with van der Waals surface area (Å²) in [6.07, 6.45) is -2.32. The van der Waals surface area contributed by atoms with Gasteiger partial charge in [-0.05, 0) is 12.1 Å². The maximum absolute atomic E-state index is 12.8. The molecule has 0 unspecified atom stereocenters. The summed E-state index contributed by atoms with van der Waals surface area (Å²) < 4.78 is 69.4. The summed E-state index contributed by atoms with van der Waals surface area (Å²) in [7, 11) is -2.60. The number of carbonyl (C=O) groups is 1. The lowest BCUT2D eigenvalue weighted by molar-refractivity contribution is -0.141. The lowest BCUT2D eigenvalue weighted by Gasteiger charge is -2.09. The fraction of sp³-hybridized carbons (Fsp3) is 0.235. The van der Waals surface area contributed by atoms with Crippen molar-refractivity contribution in [2.24, 2.45) is 0 Å². The number of aromatic nitrogens is 3. The molecule has 0 N–H and O–H groups in total. The van der Waals surface area contributed by atoms with Crippen LogP contribution in [-0.4, -0.2) is 41.6 Å². The number of alkyl halides is 3. The van der Waals surface area contributed by atoms with Gasteiger partial charge in [0.2, 0.25) is 0 Å². The quantitative estimate of drug-likeness (QED) is 0.611. The van der Waals surface area contributed by atoms with Crippen LogP contribution >= 0.6 is 0 Å². The van der Waals surface area contributed by atoms with E-state index in [0.717, 1.165) is 19.5 Å². The summed E-state index contributed by atoms with van der Waals surface area (Å²) in [5, 5.41) is 0. The molecule has 11 heteroatoms. The van der Waals surface area contributed by atoms with E-state index in [1.165, 1.54) is 35.7 Å². The lowest BCUT2D eigenvalue weighted by atomic mass is 10.1. The number of sulfone groups is 1. The summed E-state index contributed by atoms with van der Waals surface area (Å²) in [5.74, 6) is -0.953. The lowest BCUT2D eigenvalue weighted by Crippen LogP contribution is -2.09. The second-order valence-corrected chi connectivity index (χ2v) is 8.02. The molecule has 0 aliphatic heterocycles. The molecular formula is C17H14F3N3O4S. The van der Waals surface area contributed by atoms with Crippen LogP contribution in [0.1, 0.15) is 23.0 Å². The van der Waals surface area contributed by atoms with Crippen LogP contribution in [0, 0.1) is 0 Å². The second kappa shape index (κ2) is 6.89. The Morgan fingerprint density at radius 2 is 1.96 bits per heavy atom. The van der Waals surface area contributed by atoms with E-state index in [9.17, 15) is 26.4 Å². The van der Waals surface area contributed by atoms with Gasteiger partial charge in [-0.15, -0.1) is 0 Å². The first-order valence-corrected chi connectivity index (χ1v) is 9.59. The number of ether oxygens (including phenoxy) is 1. The number of halogens is 3. The number of hydrogen-bond donors (Lipinski definition) is 0. The molecular weight excluding hydrogens is 399 g/mol. The van der Waals surface area contributed by atoms with Crippen LogP contribution in [0.2, 0.25) is 0 Å². The van der Waals surface area contributed by atoms with Crippen molar-refractivity contribution in [2.75, 3.05) is 12.9 Å². The molecule has 148 valence electrons. The van der Waals surface area contributed by atoms with Crippen LogP contribution in [0.3, 0.4) is 0 Å². The Morgan fingerprint density at radius 1 is 1.25 bits per heavy atom. The topological polar surface area (TPSA) is 90.6 Å². The normalized spacial score (nSPS) is 12.3. The largest absolute Gasteiger partial charge is 0.465 e. The highest BCUT2D eigenvalue weighted by molar-refractivity contribution is 7.91. The van der Waals surface area contributed by atoms with Gasteiger partial charge in [0.15, 0.2) is 9.84 Å². The molecule has 0 spiro atoms. The summed E-state index contributed by atoms with van der Waals surface area (Å²) in [5.41, 5.74) is -0.840. The molecule has 0 aliphatic rings. The Kier molecular flexibility index (Phi) is 4.88. The molecule has 3 rings (SSSR count). The zero-order chi connectivity index (χ0) is 20.7. The number of rotatable bonds is 4. The van der Waals surface area contributed by atoms with E-state index in [2.05, 4.69) is 14.7 Å². The number of fused-ring (bicyclic) bond motifs is 1. The van der Waals surface area contributed by atoms with Gasteiger partial charge in [-0.1, -0.05) is 13.0 Å². The van der Waals surface area contributed by atoms with Crippen molar-refractivity contribution in [3.63, 3.8) is 0 Å². The zero-order valence-corrected chi connectivity index (χ0v) is 15.5. The third-order valence-electron chi connectivity index (χ3n) is 4.03. The molecule has 0 radical (unpaired) electrons. The summed E-state index contributed by atoms with van der Waals surface area (Å²) in [4.78, 5) is 19.0. The number of esters is 1. The number of methoxy groups -OCH3 is 1. The van der Waals surface area contributed by atoms with E-state index in [-0.39, 0.29) is 33.1 Å². The van der Waals surface area contributed by atoms with E-state index >= 15 is 0 Å². The van der Waals surface area contributed by atoms with Crippen LogP contribution in [0.25, 0.3) is 16.9 Å². The number of carbonyl (C=O) groups excluding carboxylic acids is 1. The minimum absolute atomic E-state index is 0.0306. The molecule has 0 saturated heterocycles. The molecule has 7 nitrogen and oxygen atoms in total. The molecule has 0 atom stereocenters. The molecule has 2 heterocycles. The second-order valence-electron chi connectivity index (χ2n) is 5.77. The van der Waals surface area contributed by atoms with Crippen LogP contribution in [0.4, 0.5) is 13.2 Å². The third-order valence-corrected chi connectivity index (χ3v) is 5.80. The molecule has 0 amide bonds. The Morgan fingerprint density at radius 3 is 2.57 bits per heavy atom. The monoisotopic (exact) mass is 413 g/mol. The maximum Gasteiger partial charge on any atom is 0.433 e. The Bertz CT molecular complexity index is 1170. The fourth-order valence-electron chi connectivity index (χ4n) is 2.57. The molecule has 0 bridgehead atoms. The fourth-order valence-corrected chi connectivity index (χ4v) is 3.69. The molecule has 0 saturated carbocycles. The predicted molar refractivity (Wildman–Crippen MR) is 92.5 cm³/mol. The SMILES string of the molecule is CCS(=O)(=O)c1cc(C(=O)OC)ccc1-c1cn2cnc(C(F)(F)F)cc2n1. The van der Waals surface area contributed by atoms with Gasteiger partial charge in [0, 0.05) is 17.8 Å². The highest BCUT2D eigenvalue weighted by Gasteiger charge is 2.33. The number of nitrogens with zero attached hydrogens (tertiary/aromatic N) is 3. The van der Waals surface area contributed by atoms with E-state index in [4.69, 9.17) is 0 Å².